The number of nitrogens with one attached hydrogen (secondary N) is 1. The average Bonchev–Trinajstić information content (AvgIpc) is 2.41. The van der Waals surface area contributed by atoms with Gasteiger partial charge in [0, 0.05) is 26.7 Å². The van der Waals surface area contributed by atoms with E-state index in [1.165, 1.54) is 0 Å². The predicted octanol–water partition coefficient (Wildman–Crippen LogP) is 0.858. The Labute approximate surface area is 115 Å². The first-order chi connectivity index (χ1) is 9.17. The maximum Gasteiger partial charge on any atom is 0.317 e. The van der Waals surface area contributed by atoms with Gasteiger partial charge in [-0.25, -0.2) is 4.79 Å². The van der Waals surface area contributed by atoms with Crippen molar-refractivity contribution in [2.75, 3.05) is 46.6 Å². The third-order valence-electron chi connectivity index (χ3n) is 3.02. The quantitative estimate of drug-likeness (QED) is 0.700. The van der Waals surface area contributed by atoms with Crippen LogP contribution in [0.4, 0.5) is 4.79 Å². The highest BCUT2D eigenvalue weighted by molar-refractivity contribution is 5.74. The van der Waals surface area contributed by atoms with Gasteiger partial charge in [0.1, 0.15) is 0 Å². The number of hydrogen-bond acceptors (Lipinski definition) is 4. The number of morpholine rings is 1. The minimum atomic E-state index is -0.0380. The fourth-order valence-corrected chi connectivity index (χ4v) is 2.02. The van der Waals surface area contributed by atoms with E-state index < -0.39 is 0 Å². The lowest BCUT2D eigenvalue weighted by Crippen LogP contribution is -2.52. The zero-order valence-electron chi connectivity index (χ0n) is 12.2. The summed E-state index contributed by atoms with van der Waals surface area (Å²) in [5.41, 5.74) is 0. The van der Waals surface area contributed by atoms with Gasteiger partial charge in [-0.05, 0) is 13.3 Å². The molecule has 1 fully saturated rings. The second kappa shape index (κ2) is 9.12. The van der Waals surface area contributed by atoms with Crippen LogP contribution in [0.1, 0.15) is 20.3 Å². The van der Waals surface area contributed by atoms with Gasteiger partial charge >= 0.3 is 6.03 Å². The number of methoxy groups -OCH3 is 1. The number of carbonyl (C=O) groups is 1. The second-order valence-corrected chi connectivity index (χ2v) is 4.72. The number of urea groups is 1. The fourth-order valence-electron chi connectivity index (χ4n) is 2.02. The summed E-state index contributed by atoms with van der Waals surface area (Å²) < 4.78 is 15.9. The van der Waals surface area contributed by atoms with E-state index in [0.717, 1.165) is 6.42 Å². The fraction of sp³-hybridized carbons (Fsp3) is 0.923. The van der Waals surface area contributed by atoms with E-state index in [1.54, 1.807) is 7.11 Å². The van der Waals surface area contributed by atoms with E-state index in [9.17, 15) is 4.79 Å². The topological polar surface area (TPSA) is 60.0 Å². The van der Waals surface area contributed by atoms with Gasteiger partial charge in [0.05, 0.1) is 32.0 Å². The summed E-state index contributed by atoms with van der Waals surface area (Å²) in [6, 6.07) is -0.0380. The molecule has 0 aromatic heterocycles. The van der Waals surface area contributed by atoms with Crippen molar-refractivity contribution in [3.63, 3.8) is 0 Å². The molecule has 2 atom stereocenters. The molecule has 0 spiro atoms. The number of amides is 2. The lowest BCUT2D eigenvalue weighted by atomic mass is 10.2. The summed E-state index contributed by atoms with van der Waals surface area (Å²) in [5.74, 6) is 0. The number of ether oxygens (including phenoxy) is 3. The molecule has 2 amide bonds. The lowest BCUT2D eigenvalue weighted by molar-refractivity contribution is -0.0647. The van der Waals surface area contributed by atoms with Crippen LogP contribution in [-0.2, 0) is 14.2 Å². The van der Waals surface area contributed by atoms with E-state index >= 15 is 0 Å². The molecule has 0 aliphatic carbocycles. The molecule has 0 aromatic rings. The molecule has 6 heteroatoms. The van der Waals surface area contributed by atoms with Gasteiger partial charge in [0.2, 0.25) is 0 Å². The Hall–Kier alpha value is -0.850. The number of rotatable bonds is 7. The predicted molar refractivity (Wildman–Crippen MR) is 72.3 cm³/mol. The number of nitrogens with zero attached hydrogens (tertiary/aromatic N) is 1. The van der Waals surface area contributed by atoms with Crippen LogP contribution in [0.3, 0.4) is 0 Å². The van der Waals surface area contributed by atoms with E-state index in [2.05, 4.69) is 12.2 Å². The molecular weight excluding hydrogens is 248 g/mol. The summed E-state index contributed by atoms with van der Waals surface area (Å²) in [4.78, 5) is 13.8. The lowest BCUT2D eigenvalue weighted by Gasteiger charge is -2.36. The minimum absolute atomic E-state index is 0.0380. The summed E-state index contributed by atoms with van der Waals surface area (Å²) in [7, 11) is 1.63. The highest BCUT2D eigenvalue weighted by Gasteiger charge is 2.26. The Kier molecular flexibility index (Phi) is 7.78. The number of carbonyl (C=O) groups excluding carboxylic acids is 1. The molecule has 19 heavy (non-hydrogen) atoms. The molecule has 0 radical (unpaired) electrons. The molecule has 0 aromatic carbocycles. The molecule has 112 valence electrons. The smallest absolute Gasteiger partial charge is 0.317 e. The standard InChI is InChI=1S/C13H26N2O4/c1-4-12-10-15(9-11(2)19-12)13(16)14-5-6-18-8-7-17-3/h11-12H,4-10H2,1-3H3,(H,14,16)/t11-,12-/m1/s1. The first kappa shape index (κ1) is 16.2. The Morgan fingerprint density at radius 1 is 1.37 bits per heavy atom. The summed E-state index contributed by atoms with van der Waals surface area (Å²) in [5, 5.41) is 2.86. The zero-order valence-corrected chi connectivity index (χ0v) is 12.2. The molecule has 0 unspecified atom stereocenters. The van der Waals surface area contributed by atoms with Crippen LogP contribution >= 0.6 is 0 Å². The van der Waals surface area contributed by atoms with Crippen molar-refractivity contribution in [1.82, 2.24) is 10.2 Å². The second-order valence-electron chi connectivity index (χ2n) is 4.72. The Morgan fingerprint density at radius 2 is 2.16 bits per heavy atom. The SMILES string of the molecule is CC[C@@H]1CN(C(=O)NCCOCCOC)C[C@@H](C)O1. The Morgan fingerprint density at radius 3 is 2.84 bits per heavy atom. The zero-order chi connectivity index (χ0) is 14.1. The van der Waals surface area contributed by atoms with Crippen LogP contribution in [0, 0.1) is 0 Å². The Balaban J connectivity index is 2.17. The van der Waals surface area contributed by atoms with Crippen LogP contribution in [0.25, 0.3) is 0 Å². The van der Waals surface area contributed by atoms with Crippen LogP contribution < -0.4 is 5.32 Å². The monoisotopic (exact) mass is 274 g/mol. The van der Waals surface area contributed by atoms with Crippen molar-refractivity contribution in [2.45, 2.75) is 32.5 Å². The van der Waals surface area contributed by atoms with E-state index in [0.29, 0.717) is 39.5 Å². The summed E-state index contributed by atoms with van der Waals surface area (Å²) in [6.45, 7) is 7.53. The first-order valence-corrected chi connectivity index (χ1v) is 6.92. The van der Waals surface area contributed by atoms with Crippen molar-refractivity contribution in [1.29, 1.82) is 0 Å². The average molecular weight is 274 g/mol. The molecule has 1 rings (SSSR count). The molecule has 0 bridgehead atoms. The maximum absolute atomic E-state index is 12.0. The van der Waals surface area contributed by atoms with Crippen molar-refractivity contribution in [3.05, 3.63) is 0 Å². The summed E-state index contributed by atoms with van der Waals surface area (Å²) in [6.07, 6.45) is 1.17. The van der Waals surface area contributed by atoms with E-state index in [1.807, 2.05) is 11.8 Å². The van der Waals surface area contributed by atoms with E-state index in [4.69, 9.17) is 14.2 Å². The normalized spacial score (nSPS) is 23.4. The van der Waals surface area contributed by atoms with Gasteiger partial charge < -0.3 is 24.4 Å². The van der Waals surface area contributed by atoms with Crippen LogP contribution in [0.15, 0.2) is 0 Å². The maximum atomic E-state index is 12.0. The molecule has 6 nitrogen and oxygen atoms in total. The van der Waals surface area contributed by atoms with Gasteiger partial charge in [-0.1, -0.05) is 6.92 Å². The first-order valence-electron chi connectivity index (χ1n) is 6.92. The largest absolute Gasteiger partial charge is 0.382 e. The Bertz CT molecular complexity index is 263. The van der Waals surface area contributed by atoms with Gasteiger partial charge in [0.15, 0.2) is 0 Å². The molecule has 1 heterocycles. The van der Waals surface area contributed by atoms with Crippen molar-refractivity contribution in [2.24, 2.45) is 0 Å². The molecule has 0 saturated carbocycles. The van der Waals surface area contributed by atoms with Gasteiger partial charge in [0.25, 0.3) is 0 Å². The van der Waals surface area contributed by atoms with Gasteiger partial charge in [-0.15, -0.1) is 0 Å². The van der Waals surface area contributed by atoms with Gasteiger partial charge in [-0.3, -0.25) is 0 Å². The van der Waals surface area contributed by atoms with Crippen molar-refractivity contribution >= 4 is 6.03 Å². The van der Waals surface area contributed by atoms with Crippen LogP contribution in [0.2, 0.25) is 0 Å². The highest BCUT2D eigenvalue weighted by Crippen LogP contribution is 2.13. The van der Waals surface area contributed by atoms with Crippen molar-refractivity contribution < 1.29 is 19.0 Å². The van der Waals surface area contributed by atoms with Crippen LogP contribution in [0.5, 0.6) is 0 Å². The molecule has 1 aliphatic rings. The third kappa shape index (κ3) is 6.22. The molecule has 1 aliphatic heterocycles. The third-order valence-corrected chi connectivity index (χ3v) is 3.02. The van der Waals surface area contributed by atoms with Gasteiger partial charge in [-0.2, -0.15) is 0 Å². The van der Waals surface area contributed by atoms with Crippen LogP contribution in [-0.4, -0.2) is 69.7 Å². The minimum Gasteiger partial charge on any atom is -0.382 e. The number of hydrogen-bond donors (Lipinski definition) is 1. The highest BCUT2D eigenvalue weighted by atomic mass is 16.5. The molecular formula is C13H26N2O4. The molecule has 1 saturated heterocycles. The molecule has 1 N–H and O–H groups in total. The van der Waals surface area contributed by atoms with E-state index in [-0.39, 0.29) is 18.2 Å². The van der Waals surface area contributed by atoms with Crippen molar-refractivity contribution in [3.8, 4) is 0 Å². The summed E-state index contributed by atoms with van der Waals surface area (Å²) >= 11 is 0.